The minimum absolute atomic E-state index is 0.00125. The normalized spacial score (nSPS) is 10.4. The number of hydrogen-bond donors (Lipinski definition) is 0. The van der Waals surface area contributed by atoms with Crippen LogP contribution in [0.15, 0.2) is 18.2 Å². The molecule has 0 spiro atoms. The molecule has 1 aromatic heterocycles. The number of nitrogens with zero attached hydrogens (tertiary/aromatic N) is 4. The molecule has 2 rings (SSSR count). The Morgan fingerprint density at radius 3 is 2.52 bits per heavy atom. The van der Waals surface area contributed by atoms with Crippen LogP contribution < -0.4 is 4.74 Å². The van der Waals surface area contributed by atoms with Crippen LogP contribution in [0.25, 0.3) is 0 Å². The van der Waals surface area contributed by atoms with Gasteiger partial charge in [-0.25, -0.2) is 0 Å². The van der Waals surface area contributed by atoms with Gasteiger partial charge in [-0.3, -0.25) is 10.1 Å². The Morgan fingerprint density at radius 2 is 1.90 bits per heavy atom. The molecule has 0 saturated carbocycles. The quantitative estimate of drug-likeness (QED) is 0.620. The Balaban J connectivity index is 2.34. The van der Waals surface area contributed by atoms with Crippen LogP contribution in [0.5, 0.6) is 11.8 Å². The molecule has 0 saturated heterocycles. The molecule has 21 heavy (non-hydrogen) atoms. The summed E-state index contributed by atoms with van der Waals surface area (Å²) >= 11 is 0. The highest BCUT2D eigenvalue weighted by atomic mass is 16.6. The zero-order valence-corrected chi connectivity index (χ0v) is 12.2. The predicted molar refractivity (Wildman–Crippen MR) is 76.5 cm³/mol. The minimum Gasteiger partial charge on any atom is -0.423 e. The van der Waals surface area contributed by atoms with E-state index in [1.165, 1.54) is 6.07 Å². The van der Waals surface area contributed by atoms with Crippen molar-refractivity contribution >= 4 is 5.69 Å². The van der Waals surface area contributed by atoms with E-state index in [2.05, 4.69) is 15.2 Å². The molecule has 7 nitrogen and oxygen atoms in total. The first-order valence-electron chi connectivity index (χ1n) is 6.71. The predicted octanol–water partition coefficient (Wildman–Crippen LogP) is 3.01. The molecule has 2 aromatic rings. The summed E-state index contributed by atoms with van der Waals surface area (Å²) in [5.41, 5.74) is 2.09. The van der Waals surface area contributed by atoms with Crippen molar-refractivity contribution in [3.05, 3.63) is 45.3 Å². The van der Waals surface area contributed by atoms with Gasteiger partial charge in [-0.05, 0) is 25.8 Å². The van der Waals surface area contributed by atoms with E-state index >= 15 is 0 Å². The standard InChI is InChI=1S/C14H16N4O3/c1-4-10-11(5-2)16-17-14(15-10)21-13-8-6-7-12(9(13)3)18(19)20/h6-8H,4-5H2,1-3H3. The van der Waals surface area contributed by atoms with Crippen LogP contribution in [0.1, 0.15) is 30.8 Å². The second kappa shape index (κ2) is 6.25. The van der Waals surface area contributed by atoms with E-state index < -0.39 is 4.92 Å². The average Bonchev–Trinajstić information content (AvgIpc) is 2.48. The number of benzene rings is 1. The summed E-state index contributed by atoms with van der Waals surface area (Å²) in [5.74, 6) is 0.359. The van der Waals surface area contributed by atoms with E-state index in [1.54, 1.807) is 19.1 Å². The molecule has 0 bridgehead atoms. The van der Waals surface area contributed by atoms with Gasteiger partial charge < -0.3 is 4.74 Å². The van der Waals surface area contributed by atoms with Crippen molar-refractivity contribution in [2.24, 2.45) is 0 Å². The largest absolute Gasteiger partial charge is 0.423 e. The maximum absolute atomic E-state index is 10.9. The van der Waals surface area contributed by atoms with Crippen molar-refractivity contribution in [2.75, 3.05) is 0 Å². The Bertz CT molecular complexity index is 673. The molecular formula is C14H16N4O3. The lowest BCUT2D eigenvalue weighted by Crippen LogP contribution is -2.05. The number of rotatable bonds is 5. The van der Waals surface area contributed by atoms with E-state index in [-0.39, 0.29) is 11.7 Å². The second-order valence-corrected chi connectivity index (χ2v) is 4.45. The first-order chi connectivity index (χ1) is 10.1. The van der Waals surface area contributed by atoms with E-state index in [1.807, 2.05) is 13.8 Å². The van der Waals surface area contributed by atoms with Crippen LogP contribution in [0.3, 0.4) is 0 Å². The molecule has 0 fully saturated rings. The highest BCUT2D eigenvalue weighted by Crippen LogP contribution is 2.29. The van der Waals surface area contributed by atoms with Gasteiger partial charge in [-0.1, -0.05) is 25.0 Å². The molecule has 0 aliphatic rings. The zero-order chi connectivity index (χ0) is 15.4. The van der Waals surface area contributed by atoms with Crippen molar-refractivity contribution in [2.45, 2.75) is 33.6 Å². The van der Waals surface area contributed by atoms with Gasteiger partial charge in [0, 0.05) is 6.07 Å². The molecule has 7 heteroatoms. The monoisotopic (exact) mass is 288 g/mol. The van der Waals surface area contributed by atoms with Gasteiger partial charge in [0.15, 0.2) is 0 Å². The minimum atomic E-state index is -0.445. The van der Waals surface area contributed by atoms with Gasteiger partial charge in [-0.2, -0.15) is 4.98 Å². The van der Waals surface area contributed by atoms with E-state index in [4.69, 9.17) is 4.74 Å². The first kappa shape index (κ1) is 14.8. The first-order valence-corrected chi connectivity index (χ1v) is 6.71. The van der Waals surface area contributed by atoms with Crippen LogP contribution in [-0.4, -0.2) is 20.1 Å². The fourth-order valence-electron chi connectivity index (χ4n) is 1.97. The van der Waals surface area contributed by atoms with Gasteiger partial charge in [0.25, 0.3) is 5.69 Å². The van der Waals surface area contributed by atoms with E-state index in [0.717, 1.165) is 24.2 Å². The van der Waals surface area contributed by atoms with Crippen molar-refractivity contribution in [3.8, 4) is 11.8 Å². The number of aromatic nitrogens is 3. The lowest BCUT2D eigenvalue weighted by Gasteiger charge is -2.08. The van der Waals surface area contributed by atoms with Crippen molar-refractivity contribution in [1.29, 1.82) is 0 Å². The summed E-state index contributed by atoms with van der Waals surface area (Å²) < 4.78 is 5.55. The molecule has 0 unspecified atom stereocenters. The molecule has 0 N–H and O–H groups in total. The van der Waals surface area contributed by atoms with Gasteiger partial charge >= 0.3 is 6.01 Å². The summed E-state index contributed by atoms with van der Waals surface area (Å²) in [6.07, 6.45) is 1.47. The lowest BCUT2D eigenvalue weighted by molar-refractivity contribution is -0.385. The van der Waals surface area contributed by atoms with Gasteiger partial charge in [0.2, 0.25) is 0 Å². The van der Waals surface area contributed by atoms with Gasteiger partial charge in [-0.15, -0.1) is 5.10 Å². The fourth-order valence-corrected chi connectivity index (χ4v) is 1.97. The SMILES string of the molecule is CCc1nnc(Oc2cccc([N+](=O)[O-])c2C)nc1CC. The van der Waals surface area contributed by atoms with Gasteiger partial charge in [0.1, 0.15) is 5.75 Å². The zero-order valence-electron chi connectivity index (χ0n) is 12.2. The van der Waals surface area contributed by atoms with Crippen LogP contribution in [0, 0.1) is 17.0 Å². The van der Waals surface area contributed by atoms with E-state index in [9.17, 15) is 10.1 Å². The Labute approximate surface area is 122 Å². The Hall–Kier alpha value is -2.57. The summed E-state index contributed by atoms with van der Waals surface area (Å²) in [6, 6.07) is 4.74. The Kier molecular flexibility index (Phi) is 4.42. The topological polar surface area (TPSA) is 91.0 Å². The maximum Gasteiger partial charge on any atom is 0.341 e. The molecule has 110 valence electrons. The summed E-state index contributed by atoms with van der Waals surface area (Å²) in [4.78, 5) is 14.8. The summed E-state index contributed by atoms with van der Waals surface area (Å²) in [5, 5.41) is 18.9. The maximum atomic E-state index is 10.9. The fraction of sp³-hybridized carbons (Fsp3) is 0.357. The molecule has 0 amide bonds. The Morgan fingerprint density at radius 1 is 1.19 bits per heavy atom. The van der Waals surface area contributed by atoms with Crippen molar-refractivity contribution < 1.29 is 9.66 Å². The lowest BCUT2D eigenvalue weighted by atomic mass is 10.2. The third-order valence-corrected chi connectivity index (χ3v) is 3.14. The average molecular weight is 288 g/mol. The van der Waals surface area contributed by atoms with Crippen LogP contribution in [-0.2, 0) is 12.8 Å². The van der Waals surface area contributed by atoms with Gasteiger partial charge in [0.05, 0.1) is 21.9 Å². The molecule has 1 heterocycles. The van der Waals surface area contributed by atoms with Crippen LogP contribution >= 0.6 is 0 Å². The van der Waals surface area contributed by atoms with Crippen molar-refractivity contribution in [1.82, 2.24) is 15.2 Å². The number of aryl methyl sites for hydroxylation is 2. The molecule has 0 aliphatic carbocycles. The third-order valence-electron chi connectivity index (χ3n) is 3.14. The number of ether oxygens (including phenoxy) is 1. The molecule has 0 aliphatic heterocycles. The summed E-state index contributed by atoms with van der Waals surface area (Å²) in [6.45, 7) is 5.59. The second-order valence-electron chi connectivity index (χ2n) is 4.45. The van der Waals surface area contributed by atoms with Crippen molar-refractivity contribution in [3.63, 3.8) is 0 Å². The molecule has 0 radical (unpaired) electrons. The molecule has 1 aromatic carbocycles. The van der Waals surface area contributed by atoms with E-state index in [0.29, 0.717) is 11.3 Å². The van der Waals surface area contributed by atoms with Crippen LogP contribution in [0.4, 0.5) is 5.69 Å². The smallest absolute Gasteiger partial charge is 0.341 e. The molecule has 0 atom stereocenters. The van der Waals surface area contributed by atoms with Crippen LogP contribution in [0.2, 0.25) is 0 Å². The highest BCUT2D eigenvalue weighted by molar-refractivity contribution is 5.49. The number of nitro benzene ring substituents is 1. The third kappa shape index (κ3) is 3.13. The summed E-state index contributed by atoms with van der Waals surface area (Å²) in [7, 11) is 0. The number of hydrogen-bond acceptors (Lipinski definition) is 6. The number of nitro groups is 1. The molecular weight excluding hydrogens is 272 g/mol. The highest BCUT2D eigenvalue weighted by Gasteiger charge is 2.16.